The number of carbonyl (C=O) groups is 1. The number of phenols is 1. The van der Waals surface area contributed by atoms with Crippen molar-refractivity contribution in [1.29, 1.82) is 0 Å². The Morgan fingerprint density at radius 3 is 3.05 bits per heavy atom. The highest BCUT2D eigenvalue weighted by Crippen LogP contribution is 2.39. The Bertz CT molecular complexity index is 543. The number of fused-ring (bicyclic) bond motifs is 1. The number of hydrogen-bond donors (Lipinski definition) is 2. The zero-order valence-electron chi connectivity index (χ0n) is 10.7. The lowest BCUT2D eigenvalue weighted by Crippen LogP contribution is -2.20. The van der Waals surface area contributed by atoms with Crippen LogP contribution in [0.15, 0.2) is 17.2 Å². The second kappa shape index (κ2) is 5.26. The standard InChI is InChI=1S/C13H15FN2O3/c1-3-19-13(18)16-15-9-6-7(2)11-8(14)4-5-10(17)12(9)11/h4-5,7,17H,3,6H2,1-2H3,(H,16,18)/b15-9+/t7-/m0/s1. The Balaban J connectivity index is 2.31. The van der Waals surface area contributed by atoms with Crippen LogP contribution < -0.4 is 5.43 Å². The van der Waals surface area contributed by atoms with Gasteiger partial charge in [-0.15, -0.1) is 0 Å². The molecule has 1 aliphatic carbocycles. The number of aromatic hydroxyl groups is 1. The number of hydrogen-bond acceptors (Lipinski definition) is 4. The smallest absolute Gasteiger partial charge is 0.427 e. The van der Waals surface area contributed by atoms with E-state index in [2.05, 4.69) is 15.3 Å². The second-order valence-corrected chi connectivity index (χ2v) is 4.35. The van der Waals surface area contributed by atoms with E-state index in [0.29, 0.717) is 23.3 Å². The number of phenolic OH excluding ortho intramolecular Hbond substituents is 1. The summed E-state index contributed by atoms with van der Waals surface area (Å²) in [4.78, 5) is 11.2. The van der Waals surface area contributed by atoms with Gasteiger partial charge in [-0.2, -0.15) is 5.10 Å². The summed E-state index contributed by atoms with van der Waals surface area (Å²) >= 11 is 0. The number of amides is 1. The molecule has 0 saturated heterocycles. The summed E-state index contributed by atoms with van der Waals surface area (Å²) in [5, 5.41) is 13.7. The van der Waals surface area contributed by atoms with Crippen molar-refractivity contribution in [2.45, 2.75) is 26.2 Å². The van der Waals surface area contributed by atoms with E-state index in [-0.39, 0.29) is 24.1 Å². The summed E-state index contributed by atoms with van der Waals surface area (Å²) in [6.45, 7) is 3.76. The number of halogens is 1. The first-order chi connectivity index (χ1) is 9.04. The maximum Gasteiger partial charge on any atom is 0.427 e. The summed E-state index contributed by atoms with van der Waals surface area (Å²) in [6, 6.07) is 2.51. The van der Waals surface area contributed by atoms with Crippen LogP contribution in [0.3, 0.4) is 0 Å². The summed E-state index contributed by atoms with van der Waals surface area (Å²) < 4.78 is 18.4. The fourth-order valence-electron chi connectivity index (χ4n) is 2.24. The Morgan fingerprint density at radius 2 is 2.37 bits per heavy atom. The SMILES string of the molecule is CCOC(=O)N/N=C1\C[C@H](C)c2c(F)ccc(O)c21. The largest absolute Gasteiger partial charge is 0.507 e. The van der Waals surface area contributed by atoms with Gasteiger partial charge in [-0.3, -0.25) is 0 Å². The lowest BCUT2D eigenvalue weighted by atomic mass is 10.0. The van der Waals surface area contributed by atoms with Crippen LogP contribution in [0.4, 0.5) is 9.18 Å². The lowest BCUT2D eigenvalue weighted by Gasteiger charge is -2.06. The molecule has 1 aromatic rings. The summed E-state index contributed by atoms with van der Waals surface area (Å²) in [5.74, 6) is -0.503. The normalized spacial score (nSPS) is 19.3. The fourth-order valence-corrected chi connectivity index (χ4v) is 2.24. The molecular formula is C13H15FN2O3. The fraction of sp³-hybridized carbons (Fsp3) is 0.385. The molecule has 0 aromatic heterocycles. The van der Waals surface area contributed by atoms with Crippen LogP contribution in [-0.4, -0.2) is 23.5 Å². The molecule has 0 unspecified atom stereocenters. The zero-order valence-corrected chi connectivity index (χ0v) is 10.7. The number of nitrogens with one attached hydrogen (secondary N) is 1. The Kier molecular flexibility index (Phi) is 3.69. The number of ether oxygens (including phenoxy) is 1. The van der Waals surface area contributed by atoms with Crippen LogP contribution >= 0.6 is 0 Å². The molecule has 2 N–H and O–H groups in total. The topological polar surface area (TPSA) is 70.9 Å². The van der Waals surface area contributed by atoms with Crippen LogP contribution in [0.2, 0.25) is 0 Å². The number of benzene rings is 1. The van der Waals surface area contributed by atoms with Gasteiger partial charge in [-0.25, -0.2) is 14.6 Å². The van der Waals surface area contributed by atoms with Crippen LogP contribution in [0.5, 0.6) is 5.75 Å². The van der Waals surface area contributed by atoms with Crippen molar-refractivity contribution in [2.24, 2.45) is 5.10 Å². The molecule has 0 radical (unpaired) electrons. The molecule has 1 amide bonds. The van der Waals surface area contributed by atoms with E-state index in [1.165, 1.54) is 12.1 Å². The van der Waals surface area contributed by atoms with Gasteiger partial charge < -0.3 is 9.84 Å². The molecule has 0 saturated carbocycles. The molecule has 0 bridgehead atoms. The molecular weight excluding hydrogens is 251 g/mol. The summed E-state index contributed by atoms with van der Waals surface area (Å²) in [6.07, 6.45) is -0.219. The minimum atomic E-state index is -0.674. The van der Waals surface area contributed by atoms with Crippen LogP contribution in [0, 0.1) is 5.82 Å². The van der Waals surface area contributed by atoms with Gasteiger partial charge in [0.05, 0.1) is 12.3 Å². The van der Waals surface area contributed by atoms with Gasteiger partial charge in [0.25, 0.3) is 0 Å². The molecule has 0 heterocycles. The van der Waals surface area contributed by atoms with Crippen molar-refractivity contribution in [2.75, 3.05) is 6.61 Å². The van der Waals surface area contributed by atoms with Gasteiger partial charge >= 0.3 is 6.09 Å². The molecule has 1 aromatic carbocycles. The Hall–Kier alpha value is -2.11. The number of carbonyl (C=O) groups excluding carboxylic acids is 1. The van der Waals surface area contributed by atoms with Crippen molar-refractivity contribution < 1.29 is 19.0 Å². The van der Waals surface area contributed by atoms with E-state index in [1.54, 1.807) is 6.92 Å². The number of rotatable bonds is 2. The maximum atomic E-state index is 13.7. The molecule has 2 rings (SSSR count). The highest BCUT2D eigenvalue weighted by molar-refractivity contribution is 6.07. The highest BCUT2D eigenvalue weighted by Gasteiger charge is 2.30. The van der Waals surface area contributed by atoms with Crippen LogP contribution in [0.25, 0.3) is 0 Å². The first kappa shape index (κ1) is 13.3. The molecule has 102 valence electrons. The third kappa shape index (κ3) is 2.52. The van der Waals surface area contributed by atoms with Crippen molar-refractivity contribution in [3.05, 3.63) is 29.1 Å². The molecule has 19 heavy (non-hydrogen) atoms. The Labute approximate surface area is 110 Å². The minimum Gasteiger partial charge on any atom is -0.507 e. The molecule has 5 nitrogen and oxygen atoms in total. The molecule has 1 aliphatic rings. The summed E-state index contributed by atoms with van der Waals surface area (Å²) in [7, 11) is 0. The molecule has 6 heteroatoms. The van der Waals surface area contributed by atoms with E-state index < -0.39 is 6.09 Å². The number of nitrogens with zero attached hydrogens (tertiary/aromatic N) is 1. The monoisotopic (exact) mass is 266 g/mol. The molecule has 0 spiro atoms. The predicted molar refractivity (Wildman–Crippen MR) is 67.8 cm³/mol. The van der Waals surface area contributed by atoms with Crippen molar-refractivity contribution in [3.63, 3.8) is 0 Å². The average molecular weight is 266 g/mol. The average Bonchev–Trinajstić information content (AvgIpc) is 2.70. The van der Waals surface area contributed by atoms with E-state index in [9.17, 15) is 14.3 Å². The molecule has 0 fully saturated rings. The van der Waals surface area contributed by atoms with E-state index >= 15 is 0 Å². The van der Waals surface area contributed by atoms with Gasteiger partial charge in [0, 0.05) is 11.1 Å². The number of hydrazone groups is 1. The quantitative estimate of drug-likeness (QED) is 0.808. The van der Waals surface area contributed by atoms with E-state index in [1.807, 2.05) is 6.92 Å². The maximum absolute atomic E-state index is 13.7. The minimum absolute atomic E-state index is 0.0369. The first-order valence-electron chi connectivity index (χ1n) is 6.05. The van der Waals surface area contributed by atoms with Crippen molar-refractivity contribution in [1.82, 2.24) is 5.43 Å². The molecule has 1 atom stereocenters. The summed E-state index contributed by atoms with van der Waals surface area (Å²) in [5.41, 5.74) is 3.48. The van der Waals surface area contributed by atoms with Gasteiger partial charge in [0.1, 0.15) is 11.6 Å². The van der Waals surface area contributed by atoms with Crippen LogP contribution in [0.1, 0.15) is 37.3 Å². The Morgan fingerprint density at radius 1 is 1.63 bits per heavy atom. The van der Waals surface area contributed by atoms with Gasteiger partial charge in [0.2, 0.25) is 0 Å². The van der Waals surface area contributed by atoms with E-state index in [4.69, 9.17) is 0 Å². The van der Waals surface area contributed by atoms with Gasteiger partial charge in [0.15, 0.2) is 0 Å². The molecule has 0 aliphatic heterocycles. The highest BCUT2D eigenvalue weighted by atomic mass is 19.1. The third-order valence-electron chi connectivity index (χ3n) is 3.01. The van der Waals surface area contributed by atoms with Crippen LogP contribution in [-0.2, 0) is 4.74 Å². The first-order valence-corrected chi connectivity index (χ1v) is 6.05. The lowest BCUT2D eigenvalue weighted by molar-refractivity contribution is 0.152. The van der Waals surface area contributed by atoms with E-state index in [0.717, 1.165) is 0 Å². The van der Waals surface area contributed by atoms with Crippen molar-refractivity contribution >= 4 is 11.8 Å². The second-order valence-electron chi connectivity index (χ2n) is 4.35. The van der Waals surface area contributed by atoms with Crippen molar-refractivity contribution in [3.8, 4) is 5.75 Å². The third-order valence-corrected chi connectivity index (χ3v) is 3.01. The zero-order chi connectivity index (χ0) is 14.0. The predicted octanol–water partition coefficient (Wildman–Crippen LogP) is 2.49. The van der Waals surface area contributed by atoms with Gasteiger partial charge in [-0.05, 0) is 31.4 Å². The van der Waals surface area contributed by atoms with Gasteiger partial charge in [-0.1, -0.05) is 6.92 Å².